The van der Waals surface area contributed by atoms with E-state index in [0.717, 1.165) is 18.6 Å². The summed E-state index contributed by atoms with van der Waals surface area (Å²) in [4.78, 5) is 10.3. The summed E-state index contributed by atoms with van der Waals surface area (Å²) in [6.07, 6.45) is 1.98. The molecule has 0 aromatic carbocycles. The molecule has 1 N–H and O–H groups in total. The van der Waals surface area contributed by atoms with Gasteiger partial charge in [0.05, 0.1) is 0 Å². The lowest BCUT2D eigenvalue weighted by Gasteiger charge is -2.11. The van der Waals surface area contributed by atoms with E-state index < -0.39 is 5.97 Å². The fourth-order valence-corrected chi connectivity index (χ4v) is 2.13. The molecule has 0 saturated heterocycles. The molecule has 0 aromatic heterocycles. The van der Waals surface area contributed by atoms with Gasteiger partial charge in [0.25, 0.3) is 0 Å². The minimum Gasteiger partial charge on any atom is -0.481 e. The molecule has 0 aromatic rings. The molecule has 0 fully saturated rings. The molecule has 0 aliphatic carbocycles. The molecule has 76 valence electrons. The number of thioether (sulfide) groups is 1. The summed E-state index contributed by atoms with van der Waals surface area (Å²) in [5.41, 5.74) is 0. The van der Waals surface area contributed by atoms with Gasteiger partial charge in [-0.3, -0.25) is 4.79 Å². The Labute approximate surface area is 93.9 Å². The monoisotopic (exact) mass is 238 g/mol. The summed E-state index contributed by atoms with van der Waals surface area (Å²) in [7, 11) is 0. The van der Waals surface area contributed by atoms with Gasteiger partial charge in [0, 0.05) is 12.2 Å². The summed E-state index contributed by atoms with van der Waals surface area (Å²) < 4.78 is 0.633. The van der Waals surface area contributed by atoms with Gasteiger partial charge in [0.1, 0.15) is 3.53 Å². The van der Waals surface area contributed by atoms with Crippen molar-refractivity contribution < 1.29 is 9.90 Å². The van der Waals surface area contributed by atoms with Crippen molar-refractivity contribution in [1.29, 1.82) is 0 Å². The normalized spacial score (nSPS) is 12.5. The second-order valence-corrected chi connectivity index (χ2v) is 5.53. The Morgan fingerprint density at radius 1 is 1.69 bits per heavy atom. The van der Waals surface area contributed by atoms with Crippen molar-refractivity contribution in [2.45, 2.75) is 26.2 Å². The lowest BCUT2D eigenvalue weighted by Crippen LogP contribution is -2.06. The van der Waals surface area contributed by atoms with Gasteiger partial charge in [-0.05, 0) is 12.3 Å². The van der Waals surface area contributed by atoms with Gasteiger partial charge in [-0.25, -0.2) is 0 Å². The number of hydrogen-bond acceptors (Lipinski definition) is 3. The van der Waals surface area contributed by atoms with Crippen molar-refractivity contribution in [3.8, 4) is 0 Å². The number of carbonyl (C=O) groups is 1. The number of hydrogen-bond donors (Lipinski definition) is 2. The highest BCUT2D eigenvalue weighted by atomic mass is 32.2. The highest BCUT2D eigenvalue weighted by molar-refractivity contribution is 8.41. The van der Waals surface area contributed by atoms with Crippen LogP contribution in [0.4, 0.5) is 0 Å². The number of thiol groups is 1. The summed E-state index contributed by atoms with van der Waals surface area (Å²) in [5, 5.41) is 8.49. The van der Waals surface area contributed by atoms with Crippen molar-refractivity contribution in [3.05, 3.63) is 0 Å². The maximum atomic E-state index is 10.3. The molecule has 5 heteroatoms. The van der Waals surface area contributed by atoms with Crippen LogP contribution in [0, 0.1) is 5.92 Å². The van der Waals surface area contributed by atoms with Crippen LogP contribution in [-0.2, 0) is 4.79 Å². The highest BCUT2D eigenvalue weighted by Gasteiger charge is 2.09. The first-order valence-electron chi connectivity index (χ1n) is 4.13. The molecule has 1 atom stereocenters. The van der Waals surface area contributed by atoms with Gasteiger partial charge < -0.3 is 5.11 Å². The standard InChI is InChI=1S/C8H14O2S3/c1-2-6(3-4-7(9)10)5-13-8(11)12/h6H,2-5H2,1H3,(H,9,10)(H,11,12). The second kappa shape index (κ2) is 7.64. The number of aliphatic carboxylic acids is 1. The predicted molar refractivity (Wildman–Crippen MR) is 64.7 cm³/mol. The first kappa shape index (κ1) is 13.3. The third-order valence-electron chi connectivity index (χ3n) is 1.79. The molecule has 0 aliphatic rings. The minimum atomic E-state index is -0.725. The Bertz CT molecular complexity index is 164. The van der Waals surface area contributed by atoms with E-state index in [2.05, 4.69) is 19.6 Å². The molecule has 0 rings (SSSR count). The predicted octanol–water partition coefficient (Wildman–Crippen LogP) is 2.83. The maximum absolute atomic E-state index is 10.3. The van der Waals surface area contributed by atoms with Crippen LogP contribution in [0.2, 0.25) is 0 Å². The van der Waals surface area contributed by atoms with Crippen LogP contribution in [0.3, 0.4) is 0 Å². The van der Waals surface area contributed by atoms with Gasteiger partial charge in [-0.2, -0.15) is 0 Å². The van der Waals surface area contributed by atoms with E-state index in [-0.39, 0.29) is 6.42 Å². The van der Waals surface area contributed by atoms with Crippen LogP contribution >= 0.6 is 36.6 Å². The Balaban J connectivity index is 3.63. The van der Waals surface area contributed by atoms with Crippen LogP contribution in [-0.4, -0.2) is 20.4 Å². The Morgan fingerprint density at radius 3 is 2.69 bits per heavy atom. The second-order valence-electron chi connectivity index (χ2n) is 2.78. The van der Waals surface area contributed by atoms with E-state index >= 15 is 0 Å². The molecule has 2 nitrogen and oxygen atoms in total. The highest BCUT2D eigenvalue weighted by Crippen LogP contribution is 2.19. The minimum absolute atomic E-state index is 0.248. The Kier molecular flexibility index (Phi) is 7.80. The average molecular weight is 238 g/mol. The van der Waals surface area contributed by atoms with E-state index in [1.807, 2.05) is 0 Å². The summed E-state index contributed by atoms with van der Waals surface area (Å²) >= 11 is 10.3. The quantitative estimate of drug-likeness (QED) is 0.551. The summed E-state index contributed by atoms with van der Waals surface area (Å²) in [5.74, 6) is 0.592. The average Bonchev–Trinajstić information content (AvgIpc) is 2.04. The number of carboxylic acid groups (broad SMARTS) is 1. The van der Waals surface area contributed by atoms with E-state index in [9.17, 15) is 4.79 Å². The van der Waals surface area contributed by atoms with Crippen LogP contribution in [0.1, 0.15) is 26.2 Å². The third-order valence-corrected chi connectivity index (χ3v) is 3.41. The number of carboxylic acids is 1. The Morgan fingerprint density at radius 2 is 2.31 bits per heavy atom. The van der Waals surface area contributed by atoms with Crippen molar-refractivity contribution >= 4 is 46.1 Å². The molecule has 0 saturated carbocycles. The van der Waals surface area contributed by atoms with E-state index in [1.165, 1.54) is 11.8 Å². The van der Waals surface area contributed by atoms with E-state index in [4.69, 9.17) is 17.3 Å². The molecule has 0 heterocycles. The molecule has 0 amide bonds. The molecule has 0 radical (unpaired) electrons. The van der Waals surface area contributed by atoms with Crippen LogP contribution in [0.15, 0.2) is 0 Å². The summed E-state index contributed by atoms with van der Waals surface area (Å²) in [6, 6.07) is 0. The maximum Gasteiger partial charge on any atom is 0.303 e. The topological polar surface area (TPSA) is 37.3 Å². The van der Waals surface area contributed by atoms with Crippen LogP contribution < -0.4 is 0 Å². The van der Waals surface area contributed by atoms with Crippen molar-refractivity contribution in [3.63, 3.8) is 0 Å². The smallest absolute Gasteiger partial charge is 0.303 e. The SMILES string of the molecule is CCC(CCC(=O)O)CSC(=S)S. The number of thiocarbonyl (C=S) groups is 1. The van der Waals surface area contributed by atoms with Crippen LogP contribution in [0.25, 0.3) is 0 Å². The van der Waals surface area contributed by atoms with Gasteiger partial charge in [-0.1, -0.05) is 25.6 Å². The lowest BCUT2D eigenvalue weighted by atomic mass is 10.0. The molecular formula is C8H14O2S3. The zero-order valence-electron chi connectivity index (χ0n) is 7.52. The van der Waals surface area contributed by atoms with Crippen LogP contribution in [0.5, 0.6) is 0 Å². The summed E-state index contributed by atoms with van der Waals surface area (Å²) in [6.45, 7) is 2.06. The first-order chi connectivity index (χ1) is 6.06. The van der Waals surface area contributed by atoms with Gasteiger partial charge in [0.15, 0.2) is 0 Å². The van der Waals surface area contributed by atoms with Crippen molar-refractivity contribution in [2.75, 3.05) is 5.75 Å². The van der Waals surface area contributed by atoms with Crippen molar-refractivity contribution in [1.82, 2.24) is 0 Å². The first-order valence-corrected chi connectivity index (χ1v) is 5.97. The van der Waals surface area contributed by atoms with E-state index in [1.54, 1.807) is 0 Å². The fourth-order valence-electron chi connectivity index (χ4n) is 0.922. The lowest BCUT2D eigenvalue weighted by molar-refractivity contribution is -0.137. The molecule has 0 spiro atoms. The zero-order valence-corrected chi connectivity index (χ0v) is 10.1. The molecule has 0 bridgehead atoms. The molecule has 13 heavy (non-hydrogen) atoms. The Hall–Kier alpha value is 0.260. The molecule has 0 aliphatic heterocycles. The largest absolute Gasteiger partial charge is 0.481 e. The third kappa shape index (κ3) is 8.59. The number of rotatable bonds is 6. The molecular weight excluding hydrogens is 224 g/mol. The van der Waals surface area contributed by atoms with Gasteiger partial charge >= 0.3 is 5.97 Å². The van der Waals surface area contributed by atoms with Crippen molar-refractivity contribution in [2.24, 2.45) is 5.92 Å². The van der Waals surface area contributed by atoms with E-state index in [0.29, 0.717) is 9.45 Å². The van der Waals surface area contributed by atoms with Gasteiger partial charge in [-0.15, -0.1) is 24.4 Å². The molecule has 1 unspecified atom stereocenters. The zero-order chi connectivity index (χ0) is 10.3. The van der Waals surface area contributed by atoms with Gasteiger partial charge in [0.2, 0.25) is 0 Å². The fraction of sp³-hybridized carbons (Fsp3) is 0.750.